The third-order valence-corrected chi connectivity index (χ3v) is 3.69. The lowest BCUT2D eigenvalue weighted by atomic mass is 9.89. The first kappa shape index (κ1) is 14.0. The number of rotatable bonds is 3. The van der Waals surface area contributed by atoms with Crippen molar-refractivity contribution in [2.45, 2.75) is 45.2 Å². The van der Waals surface area contributed by atoms with Crippen molar-refractivity contribution in [2.24, 2.45) is 5.73 Å². The van der Waals surface area contributed by atoms with Crippen LogP contribution in [0, 0.1) is 12.7 Å². The molecule has 2 rings (SSSR count). The second kappa shape index (κ2) is 5.70. The largest absolute Gasteiger partial charge is 0.334 e. The SMILES string of the molecule is CCCN1C(=O)CCC(N)C1c1cc(C)ccc1F. The monoisotopic (exact) mass is 264 g/mol. The minimum Gasteiger partial charge on any atom is -0.334 e. The lowest BCUT2D eigenvalue weighted by Gasteiger charge is -2.40. The molecule has 3 nitrogen and oxygen atoms in total. The quantitative estimate of drug-likeness (QED) is 0.912. The number of carbonyl (C=O) groups excluding carboxylic acids is 1. The Morgan fingerprint density at radius 3 is 2.89 bits per heavy atom. The molecule has 1 heterocycles. The lowest BCUT2D eigenvalue weighted by Crippen LogP contribution is -2.49. The summed E-state index contributed by atoms with van der Waals surface area (Å²) in [5.41, 5.74) is 7.69. The van der Waals surface area contributed by atoms with Gasteiger partial charge in [-0.05, 0) is 25.8 Å². The smallest absolute Gasteiger partial charge is 0.223 e. The highest BCUT2D eigenvalue weighted by atomic mass is 19.1. The van der Waals surface area contributed by atoms with Crippen LogP contribution in [0.1, 0.15) is 43.4 Å². The van der Waals surface area contributed by atoms with Gasteiger partial charge in [0.25, 0.3) is 0 Å². The van der Waals surface area contributed by atoms with E-state index in [4.69, 9.17) is 5.73 Å². The number of piperidine rings is 1. The molecule has 0 bridgehead atoms. The Hall–Kier alpha value is -1.42. The topological polar surface area (TPSA) is 46.3 Å². The zero-order valence-electron chi connectivity index (χ0n) is 11.5. The Bertz CT molecular complexity index is 475. The fourth-order valence-electron chi connectivity index (χ4n) is 2.77. The van der Waals surface area contributed by atoms with Crippen molar-refractivity contribution >= 4 is 5.91 Å². The highest BCUT2D eigenvalue weighted by Gasteiger charge is 2.35. The van der Waals surface area contributed by atoms with Crippen LogP contribution in [0.4, 0.5) is 4.39 Å². The molecule has 1 fully saturated rings. The standard InChI is InChI=1S/C15H21FN2O/c1-3-8-18-14(19)7-6-13(17)15(18)11-9-10(2)4-5-12(11)16/h4-5,9,13,15H,3,6-8,17H2,1-2H3. The molecule has 19 heavy (non-hydrogen) atoms. The van der Waals surface area contributed by atoms with Crippen LogP contribution in [0.25, 0.3) is 0 Å². The van der Waals surface area contributed by atoms with Crippen LogP contribution >= 0.6 is 0 Å². The van der Waals surface area contributed by atoms with E-state index in [0.29, 0.717) is 24.9 Å². The van der Waals surface area contributed by atoms with E-state index in [9.17, 15) is 9.18 Å². The van der Waals surface area contributed by atoms with Crippen molar-refractivity contribution < 1.29 is 9.18 Å². The average molecular weight is 264 g/mol. The van der Waals surface area contributed by atoms with Gasteiger partial charge in [-0.3, -0.25) is 4.79 Å². The second-order valence-corrected chi connectivity index (χ2v) is 5.26. The Balaban J connectivity index is 2.41. The van der Waals surface area contributed by atoms with Crippen molar-refractivity contribution in [2.75, 3.05) is 6.54 Å². The Morgan fingerprint density at radius 1 is 1.47 bits per heavy atom. The van der Waals surface area contributed by atoms with E-state index in [0.717, 1.165) is 12.0 Å². The minimum absolute atomic E-state index is 0.0782. The number of amides is 1. The molecule has 1 saturated heterocycles. The number of nitrogens with zero attached hydrogens (tertiary/aromatic N) is 1. The van der Waals surface area contributed by atoms with Gasteiger partial charge in [0.2, 0.25) is 5.91 Å². The van der Waals surface area contributed by atoms with Gasteiger partial charge in [-0.2, -0.15) is 0 Å². The van der Waals surface area contributed by atoms with Gasteiger partial charge in [0.1, 0.15) is 5.82 Å². The van der Waals surface area contributed by atoms with Crippen molar-refractivity contribution in [3.05, 3.63) is 35.1 Å². The van der Waals surface area contributed by atoms with Gasteiger partial charge in [0.05, 0.1) is 6.04 Å². The zero-order chi connectivity index (χ0) is 14.0. The molecule has 0 aliphatic carbocycles. The predicted molar refractivity (Wildman–Crippen MR) is 73.1 cm³/mol. The van der Waals surface area contributed by atoms with Crippen LogP contribution in [0.2, 0.25) is 0 Å². The normalized spacial score (nSPS) is 23.8. The maximum absolute atomic E-state index is 14.1. The minimum atomic E-state index is -0.332. The van der Waals surface area contributed by atoms with Crippen molar-refractivity contribution in [1.82, 2.24) is 4.90 Å². The van der Waals surface area contributed by atoms with Crippen molar-refractivity contribution in [3.63, 3.8) is 0 Å². The van der Waals surface area contributed by atoms with E-state index >= 15 is 0 Å². The maximum atomic E-state index is 14.1. The summed E-state index contributed by atoms with van der Waals surface area (Å²) in [5, 5.41) is 0. The second-order valence-electron chi connectivity index (χ2n) is 5.26. The summed E-state index contributed by atoms with van der Waals surface area (Å²) >= 11 is 0. The van der Waals surface area contributed by atoms with Crippen LogP contribution in [-0.4, -0.2) is 23.4 Å². The molecule has 1 aromatic carbocycles. The van der Waals surface area contributed by atoms with Crippen LogP contribution in [0.3, 0.4) is 0 Å². The summed E-state index contributed by atoms with van der Waals surface area (Å²) in [6.07, 6.45) is 1.94. The molecule has 0 aromatic heterocycles. The summed E-state index contributed by atoms with van der Waals surface area (Å²) in [6, 6.07) is 4.47. The van der Waals surface area contributed by atoms with Crippen molar-refractivity contribution in [3.8, 4) is 0 Å². The van der Waals surface area contributed by atoms with E-state index in [-0.39, 0.29) is 23.8 Å². The van der Waals surface area contributed by atoms with E-state index in [1.165, 1.54) is 6.07 Å². The first-order valence-electron chi connectivity index (χ1n) is 6.85. The molecule has 2 N–H and O–H groups in total. The van der Waals surface area contributed by atoms with E-state index in [1.54, 1.807) is 17.0 Å². The van der Waals surface area contributed by atoms with Gasteiger partial charge in [0.15, 0.2) is 0 Å². The number of hydrogen-bond acceptors (Lipinski definition) is 2. The number of hydrogen-bond donors (Lipinski definition) is 1. The summed E-state index contributed by atoms with van der Waals surface area (Å²) < 4.78 is 14.1. The Morgan fingerprint density at radius 2 is 2.21 bits per heavy atom. The zero-order valence-corrected chi connectivity index (χ0v) is 11.5. The van der Waals surface area contributed by atoms with Gasteiger partial charge >= 0.3 is 0 Å². The fourth-order valence-corrected chi connectivity index (χ4v) is 2.77. The number of benzene rings is 1. The van der Waals surface area contributed by atoms with Gasteiger partial charge in [-0.1, -0.05) is 24.6 Å². The molecule has 0 saturated carbocycles. The van der Waals surface area contributed by atoms with E-state index in [2.05, 4.69) is 0 Å². The third-order valence-electron chi connectivity index (χ3n) is 3.69. The van der Waals surface area contributed by atoms with Crippen molar-refractivity contribution in [1.29, 1.82) is 0 Å². The molecule has 104 valence electrons. The third kappa shape index (κ3) is 2.78. The number of likely N-dealkylation sites (tertiary alicyclic amines) is 1. The molecule has 1 aromatic rings. The van der Waals surface area contributed by atoms with Crippen LogP contribution in [-0.2, 0) is 4.79 Å². The number of aryl methyl sites for hydroxylation is 1. The molecule has 0 radical (unpaired) electrons. The summed E-state index contributed by atoms with van der Waals surface area (Å²) in [5.74, 6) is -0.198. The van der Waals surface area contributed by atoms with E-state index in [1.807, 2.05) is 13.8 Å². The highest BCUT2D eigenvalue weighted by Crippen LogP contribution is 2.33. The Kier molecular flexibility index (Phi) is 4.20. The number of halogens is 1. The fraction of sp³-hybridized carbons (Fsp3) is 0.533. The van der Waals surface area contributed by atoms with Crippen LogP contribution in [0.5, 0.6) is 0 Å². The Labute approximate surface area is 113 Å². The summed E-state index contributed by atoms with van der Waals surface area (Å²) in [4.78, 5) is 13.8. The lowest BCUT2D eigenvalue weighted by molar-refractivity contribution is -0.137. The molecule has 1 aliphatic rings. The van der Waals surface area contributed by atoms with Gasteiger partial charge in [0, 0.05) is 24.6 Å². The molecule has 4 heteroatoms. The van der Waals surface area contributed by atoms with Crippen LogP contribution < -0.4 is 5.73 Å². The summed E-state index contributed by atoms with van der Waals surface area (Å²) in [7, 11) is 0. The maximum Gasteiger partial charge on any atom is 0.223 e. The first-order chi connectivity index (χ1) is 9.04. The first-order valence-corrected chi connectivity index (χ1v) is 6.85. The molecule has 2 unspecified atom stereocenters. The molecular weight excluding hydrogens is 243 g/mol. The van der Waals surface area contributed by atoms with Gasteiger partial charge in [-0.15, -0.1) is 0 Å². The average Bonchev–Trinajstić information content (AvgIpc) is 2.38. The van der Waals surface area contributed by atoms with Gasteiger partial charge < -0.3 is 10.6 Å². The molecule has 1 aliphatic heterocycles. The predicted octanol–water partition coefficient (Wildman–Crippen LogP) is 2.53. The number of nitrogens with two attached hydrogens (primary N) is 1. The van der Waals surface area contributed by atoms with E-state index < -0.39 is 0 Å². The molecule has 0 spiro atoms. The number of carbonyl (C=O) groups is 1. The van der Waals surface area contributed by atoms with Crippen LogP contribution in [0.15, 0.2) is 18.2 Å². The summed E-state index contributed by atoms with van der Waals surface area (Å²) in [6.45, 7) is 4.56. The molecular formula is C15H21FN2O. The van der Waals surface area contributed by atoms with Gasteiger partial charge in [-0.25, -0.2) is 4.39 Å². The molecule has 1 amide bonds. The molecule has 2 atom stereocenters. The highest BCUT2D eigenvalue weighted by molar-refractivity contribution is 5.78.